The number of rotatable bonds is 16. The summed E-state index contributed by atoms with van der Waals surface area (Å²) in [6, 6.07) is 29.3. The number of nitro groups is 2. The quantitative estimate of drug-likeness (QED) is 0.0184. The van der Waals surface area contributed by atoms with Crippen LogP contribution in [-0.2, 0) is 37.0 Å². The molecule has 2 saturated heterocycles. The minimum absolute atomic E-state index is 0. The van der Waals surface area contributed by atoms with Crippen LogP contribution in [0.2, 0.25) is 0 Å². The van der Waals surface area contributed by atoms with Gasteiger partial charge in [0, 0.05) is 78.8 Å². The van der Waals surface area contributed by atoms with Gasteiger partial charge in [-0.2, -0.15) is 8.42 Å². The number of ether oxygens (including phenoxy) is 2. The first-order valence-corrected chi connectivity index (χ1v) is 22.2. The number of methoxy groups -OCH3 is 2. The van der Waals surface area contributed by atoms with Crippen LogP contribution in [0.25, 0.3) is 48.7 Å². The average molecular weight is 992 g/mol. The number of halogens is 1. The van der Waals surface area contributed by atoms with Crippen molar-refractivity contribution in [2.75, 3.05) is 34.5 Å². The first-order valence-electron chi connectivity index (χ1n) is 21.5. The molecule has 2 heterocycles. The Balaban J connectivity index is 0.000000341. The van der Waals surface area contributed by atoms with E-state index in [1.807, 2.05) is 31.2 Å². The molecule has 362 valence electrons. The Morgan fingerprint density at radius 1 is 0.757 bits per heavy atom. The van der Waals surface area contributed by atoms with Crippen molar-refractivity contribution in [3.63, 3.8) is 0 Å². The van der Waals surface area contributed by atoms with Crippen LogP contribution >= 0.6 is 0 Å². The number of nitrogens with zero attached hydrogens (tertiary/aromatic N) is 10. The maximum atomic E-state index is 12.6. The topological polar surface area (TPSA) is 296 Å². The number of aryl methyl sites for hydroxylation is 1. The molecule has 2 atom stereocenters. The number of hydrogen-bond donors (Lipinski definition) is 0. The number of hydrogen-bond acceptors (Lipinski definition) is 12. The molecule has 0 unspecified atom stereocenters. The zero-order valence-corrected chi connectivity index (χ0v) is 41.5. The number of non-ortho nitro benzene ring substituents is 2. The van der Waals surface area contributed by atoms with Crippen LogP contribution in [0.15, 0.2) is 119 Å². The Kier molecular flexibility index (Phi) is 22.0. The molecule has 5 aromatic carbocycles. The average Bonchev–Trinajstić information content (AvgIpc) is 3.89. The first-order chi connectivity index (χ1) is 33.5. The molecule has 2 aliphatic heterocycles. The number of alkyl halides is 1. The molecule has 0 aliphatic carbocycles. The van der Waals surface area contributed by atoms with Gasteiger partial charge in [-0.05, 0) is 83.9 Å². The van der Waals surface area contributed by atoms with Gasteiger partial charge in [0.2, 0.25) is 11.8 Å². The second-order valence-corrected chi connectivity index (χ2v) is 16.8. The standard InChI is InChI=1S/C26H26N2O7S.C19H19N5O4.CH3F.N3.Na/c1-18-6-10-23(11-7-18)36(32,33)35-17-22-9-13-26(29)27(22)16-19-8-12-25(34-2)24(14-19)20-4-3-5-21(15-20)28(30)31;1-28-18-7-5-13(12-23-16(11-21-22-20)6-8-19(23)25)9-17(18)14-3-2-4-15(10-14)24(26)27;1-2;1-3-2;/h3-8,10-12,14-15,22H,9,13,16-17H2,1-2H3;2-5,7,9-10,16H,6,8,11-12H2,1H3;1H3;;/q;;;-1;+1/t22-;16-;;;/m11.../s1/i;;1D;;. The number of likely N-dealkylation sites (tertiary alicyclic amines) is 2. The number of carbonyl (C=O) groups excluding carboxylic acids is 2. The molecule has 0 aromatic heterocycles. The van der Waals surface area contributed by atoms with Crippen LogP contribution in [0, 0.1) is 27.2 Å². The monoisotopic (exact) mass is 991 g/mol. The summed E-state index contributed by atoms with van der Waals surface area (Å²) in [7, 11) is -1.90. The van der Waals surface area contributed by atoms with Crippen LogP contribution < -0.4 is 39.0 Å². The molecule has 21 nitrogen and oxygen atoms in total. The molecule has 0 spiro atoms. The minimum Gasteiger partial charge on any atom is -0.496 e. The molecule has 7 rings (SSSR count). The van der Waals surface area contributed by atoms with Gasteiger partial charge in [0.1, 0.15) is 11.5 Å². The van der Waals surface area contributed by atoms with Crippen LogP contribution in [0.1, 0.15) is 43.7 Å². The summed E-state index contributed by atoms with van der Waals surface area (Å²) in [5, 5.41) is 25.9. The predicted molar refractivity (Wildman–Crippen MR) is 253 cm³/mol. The molecule has 0 saturated carbocycles. The second-order valence-electron chi connectivity index (χ2n) is 15.2. The number of benzene rings is 5. The minimum atomic E-state index is -3.95. The summed E-state index contributed by atoms with van der Waals surface area (Å²) in [6.07, 6.45) is 1.87. The summed E-state index contributed by atoms with van der Waals surface area (Å²) < 4.78 is 56.9. The van der Waals surface area contributed by atoms with Crippen molar-refractivity contribution >= 4 is 33.3 Å². The SMILES string of the molecule is COc1ccc(CN2C(=O)CC[C@@H]2CN=[N+]=[N-])cc1-c1cccc([N+](=O)[O-])c1.COc1ccc(CN2C(=O)CC[C@@H]2COS(=O)(=O)c2ccc(C)cc2)cc1-c1cccc([N+](=O)[O-])c1.[2H]CF.[N-]=[N+]=[N-].[Na+]. The van der Waals surface area contributed by atoms with Gasteiger partial charge in [0.15, 0.2) is 0 Å². The van der Waals surface area contributed by atoms with E-state index in [9.17, 15) is 42.6 Å². The van der Waals surface area contributed by atoms with Gasteiger partial charge in [0.05, 0.1) is 50.1 Å². The van der Waals surface area contributed by atoms with E-state index < -0.39 is 33.2 Å². The largest absolute Gasteiger partial charge is 1.00 e. The molecule has 2 amide bonds. The zero-order valence-electron chi connectivity index (χ0n) is 39.7. The van der Waals surface area contributed by atoms with Crippen LogP contribution in [-0.4, -0.2) is 86.5 Å². The molecule has 5 aromatic rings. The Morgan fingerprint density at radius 2 is 1.20 bits per heavy atom. The van der Waals surface area contributed by atoms with Gasteiger partial charge >= 0.3 is 29.6 Å². The third-order valence-corrected chi connectivity index (χ3v) is 12.3. The van der Waals surface area contributed by atoms with Crippen LogP contribution in [0.5, 0.6) is 11.5 Å². The summed E-state index contributed by atoms with van der Waals surface area (Å²) in [4.78, 5) is 54.0. The van der Waals surface area contributed by atoms with Gasteiger partial charge in [-0.3, -0.25) is 43.3 Å². The number of nitro benzene ring substituents is 2. The predicted octanol–water partition coefficient (Wildman–Crippen LogP) is 7.00. The fourth-order valence-electron chi connectivity index (χ4n) is 7.58. The van der Waals surface area contributed by atoms with Gasteiger partial charge in [-0.15, -0.1) is 0 Å². The Morgan fingerprint density at radius 3 is 1.63 bits per heavy atom. The van der Waals surface area contributed by atoms with Gasteiger partial charge in [0.25, 0.3) is 21.5 Å². The van der Waals surface area contributed by atoms with Gasteiger partial charge < -0.3 is 30.3 Å². The number of carbonyl (C=O) groups is 2. The van der Waals surface area contributed by atoms with E-state index in [1.54, 1.807) is 58.3 Å². The van der Waals surface area contributed by atoms with Crippen molar-refractivity contribution in [1.29, 1.82) is 0 Å². The molecular weight excluding hydrogens is 943 g/mol. The fourth-order valence-corrected chi connectivity index (χ4v) is 8.52. The molecular formula is C46H48FN10NaO11S. The third kappa shape index (κ3) is 15.5. The van der Waals surface area contributed by atoms with E-state index >= 15 is 0 Å². The number of azide groups is 1. The van der Waals surface area contributed by atoms with Crippen LogP contribution in [0.3, 0.4) is 0 Å². The molecule has 2 fully saturated rings. The Labute approximate surface area is 426 Å². The smallest absolute Gasteiger partial charge is 0.496 e. The van der Waals surface area contributed by atoms with Crippen LogP contribution in [0.4, 0.5) is 15.8 Å². The van der Waals surface area contributed by atoms with Crippen molar-refractivity contribution in [2.24, 2.45) is 5.11 Å². The van der Waals surface area contributed by atoms with Gasteiger partial charge in [-0.1, -0.05) is 59.2 Å². The molecule has 0 radical (unpaired) electrons. The second kappa shape index (κ2) is 27.8. The molecule has 2 aliphatic rings. The van der Waals surface area contributed by atoms with E-state index in [-0.39, 0.29) is 83.4 Å². The molecule has 24 heteroatoms. The zero-order chi connectivity index (χ0) is 51.4. The summed E-state index contributed by atoms with van der Waals surface area (Å²) in [6.45, 7) is 2.58. The van der Waals surface area contributed by atoms with Crippen molar-refractivity contribution < 1.29 is 76.8 Å². The maximum absolute atomic E-state index is 12.6. The molecule has 0 bridgehead atoms. The van der Waals surface area contributed by atoms with Crippen molar-refractivity contribution in [3.8, 4) is 33.8 Å². The first kappa shape index (κ1) is 55.5. The van der Waals surface area contributed by atoms with E-state index in [1.165, 1.54) is 55.5 Å². The van der Waals surface area contributed by atoms with E-state index in [4.69, 9.17) is 31.6 Å². The third-order valence-electron chi connectivity index (χ3n) is 11.0. The van der Waals surface area contributed by atoms with E-state index in [0.717, 1.165) is 16.7 Å². The normalized spacial score (nSPS) is 14.9. The Bertz CT molecular complexity index is 2860. The maximum Gasteiger partial charge on any atom is 1.00 e. The van der Waals surface area contributed by atoms with E-state index in [2.05, 4.69) is 10.0 Å². The summed E-state index contributed by atoms with van der Waals surface area (Å²) in [5.41, 5.74) is 27.2. The van der Waals surface area contributed by atoms with E-state index in [0.29, 0.717) is 66.0 Å². The Hall–Kier alpha value is -7.10. The molecule has 70 heavy (non-hydrogen) atoms. The fraction of sp³-hybridized carbons (Fsp3) is 0.304. The van der Waals surface area contributed by atoms with Crippen molar-refractivity contribution in [2.45, 2.75) is 62.7 Å². The summed E-state index contributed by atoms with van der Waals surface area (Å²) >= 11 is 0. The number of amides is 2. The van der Waals surface area contributed by atoms with Gasteiger partial charge in [-0.25, -0.2) is 0 Å². The molecule has 0 N–H and O–H groups in total. The van der Waals surface area contributed by atoms with Crippen molar-refractivity contribution in [1.82, 2.24) is 9.80 Å². The van der Waals surface area contributed by atoms with Crippen molar-refractivity contribution in [3.05, 3.63) is 173 Å². The summed E-state index contributed by atoms with van der Waals surface area (Å²) in [5.74, 6) is 1.05.